The quantitative estimate of drug-likeness (QED) is 0.760. The third-order valence-corrected chi connectivity index (χ3v) is 5.73. The third kappa shape index (κ3) is 4.96. The number of ether oxygens (including phenoxy) is 1. The maximum absolute atomic E-state index is 12.5. The zero-order valence-electron chi connectivity index (χ0n) is 17.6. The molecule has 0 bridgehead atoms. The molecule has 2 heterocycles. The van der Waals surface area contributed by atoms with Crippen molar-refractivity contribution >= 4 is 11.8 Å². The molecule has 2 aliphatic rings. The van der Waals surface area contributed by atoms with Crippen LogP contribution in [0.2, 0.25) is 0 Å². The van der Waals surface area contributed by atoms with Crippen molar-refractivity contribution in [2.75, 3.05) is 19.7 Å². The molecule has 2 fully saturated rings. The van der Waals surface area contributed by atoms with Gasteiger partial charge in [0.15, 0.2) is 6.61 Å². The van der Waals surface area contributed by atoms with Crippen molar-refractivity contribution in [2.24, 2.45) is 0 Å². The number of aromatic nitrogens is 2. The van der Waals surface area contributed by atoms with E-state index < -0.39 is 0 Å². The molecule has 0 unspecified atom stereocenters. The number of amides is 2. The Kier molecular flexibility index (Phi) is 5.97. The highest BCUT2D eigenvalue weighted by Gasteiger charge is 2.30. The van der Waals surface area contributed by atoms with Crippen LogP contribution in [-0.2, 0) is 16.0 Å². The first-order valence-corrected chi connectivity index (χ1v) is 10.6. The summed E-state index contributed by atoms with van der Waals surface area (Å²) in [6, 6.07) is 9.71. The summed E-state index contributed by atoms with van der Waals surface area (Å²) >= 11 is 0. The summed E-state index contributed by atoms with van der Waals surface area (Å²) < 4.78 is 5.58. The smallest absolute Gasteiger partial charge is 0.260 e. The molecule has 1 N–H and O–H groups in total. The van der Waals surface area contributed by atoms with Crippen LogP contribution in [-0.4, -0.2) is 52.4 Å². The molecule has 7 nitrogen and oxygen atoms in total. The third-order valence-electron chi connectivity index (χ3n) is 5.73. The molecule has 2 aromatic rings. The van der Waals surface area contributed by atoms with Gasteiger partial charge in [-0.05, 0) is 45.2 Å². The SMILES string of the molecule is Cc1nc([C@H]2CCN(C(=O)COc3ccccc3)C2)nc(C)c1CC(=O)NC1CC1. The van der Waals surface area contributed by atoms with E-state index >= 15 is 0 Å². The maximum Gasteiger partial charge on any atom is 0.260 e. The lowest BCUT2D eigenvalue weighted by Gasteiger charge is -2.17. The van der Waals surface area contributed by atoms with Crippen LogP contribution < -0.4 is 10.1 Å². The number of hydrogen-bond donors (Lipinski definition) is 1. The number of benzene rings is 1. The van der Waals surface area contributed by atoms with Gasteiger partial charge in [-0.2, -0.15) is 0 Å². The Labute approximate surface area is 176 Å². The zero-order chi connectivity index (χ0) is 21.1. The standard InChI is InChI=1S/C23H28N4O3/c1-15-20(12-21(28)26-18-8-9-18)16(2)25-23(24-15)17-10-11-27(13-17)22(29)14-30-19-6-4-3-5-7-19/h3-7,17-18H,8-14H2,1-2H3,(H,26,28)/t17-/m0/s1. The van der Waals surface area contributed by atoms with Crippen molar-refractivity contribution in [1.29, 1.82) is 0 Å². The number of aryl methyl sites for hydroxylation is 2. The molecule has 1 aliphatic carbocycles. The Balaban J connectivity index is 1.35. The first-order valence-electron chi connectivity index (χ1n) is 10.6. The van der Waals surface area contributed by atoms with Gasteiger partial charge in [0.1, 0.15) is 11.6 Å². The fourth-order valence-corrected chi connectivity index (χ4v) is 3.82. The van der Waals surface area contributed by atoms with Crippen molar-refractivity contribution in [3.63, 3.8) is 0 Å². The molecule has 1 atom stereocenters. The van der Waals surface area contributed by atoms with Gasteiger partial charge < -0.3 is 15.0 Å². The molecule has 0 spiro atoms. The minimum absolute atomic E-state index is 0.0248. The molecule has 7 heteroatoms. The van der Waals surface area contributed by atoms with Crippen molar-refractivity contribution in [1.82, 2.24) is 20.2 Å². The van der Waals surface area contributed by atoms with E-state index in [9.17, 15) is 9.59 Å². The minimum Gasteiger partial charge on any atom is -0.484 e. The van der Waals surface area contributed by atoms with Crippen LogP contribution in [0.1, 0.15) is 48.0 Å². The number of para-hydroxylation sites is 1. The Hall–Kier alpha value is -2.96. The van der Waals surface area contributed by atoms with E-state index in [0.717, 1.165) is 42.0 Å². The average Bonchev–Trinajstić information content (AvgIpc) is 3.40. The van der Waals surface area contributed by atoms with Crippen molar-refractivity contribution in [3.8, 4) is 5.75 Å². The van der Waals surface area contributed by atoms with Gasteiger partial charge >= 0.3 is 0 Å². The number of rotatable bonds is 7. The van der Waals surface area contributed by atoms with Crippen LogP contribution in [0.25, 0.3) is 0 Å². The van der Waals surface area contributed by atoms with Crippen LogP contribution in [0, 0.1) is 13.8 Å². The number of carbonyl (C=O) groups is 2. The van der Waals surface area contributed by atoms with E-state index in [0.29, 0.717) is 31.3 Å². The molecule has 1 aliphatic heterocycles. The highest BCUT2D eigenvalue weighted by atomic mass is 16.5. The fourth-order valence-electron chi connectivity index (χ4n) is 3.82. The first kappa shape index (κ1) is 20.3. The van der Waals surface area contributed by atoms with Gasteiger partial charge in [0.05, 0.1) is 6.42 Å². The van der Waals surface area contributed by atoms with Gasteiger partial charge in [0.2, 0.25) is 5.91 Å². The first-order chi connectivity index (χ1) is 14.5. The largest absolute Gasteiger partial charge is 0.484 e. The molecule has 2 amide bonds. The van der Waals surface area contributed by atoms with Crippen LogP contribution >= 0.6 is 0 Å². The number of nitrogens with one attached hydrogen (secondary N) is 1. The number of likely N-dealkylation sites (tertiary alicyclic amines) is 1. The van der Waals surface area contributed by atoms with Gasteiger partial charge in [-0.1, -0.05) is 18.2 Å². The normalized spacial score (nSPS) is 18.3. The van der Waals surface area contributed by atoms with Crippen LogP contribution in [0.3, 0.4) is 0 Å². The second-order valence-corrected chi connectivity index (χ2v) is 8.18. The van der Waals surface area contributed by atoms with E-state index in [-0.39, 0.29) is 24.3 Å². The Morgan fingerprint density at radius 1 is 1.10 bits per heavy atom. The van der Waals surface area contributed by atoms with Crippen LogP contribution in [0.5, 0.6) is 5.75 Å². The topological polar surface area (TPSA) is 84.4 Å². The van der Waals surface area contributed by atoms with E-state index in [4.69, 9.17) is 14.7 Å². The van der Waals surface area contributed by atoms with Gasteiger partial charge in [-0.15, -0.1) is 0 Å². The molecule has 0 radical (unpaired) electrons. The molecular weight excluding hydrogens is 380 g/mol. The van der Waals surface area contributed by atoms with E-state index in [1.165, 1.54) is 0 Å². The predicted octanol–water partition coefficient (Wildman–Crippen LogP) is 2.31. The summed E-state index contributed by atoms with van der Waals surface area (Å²) in [5, 5.41) is 3.02. The van der Waals surface area contributed by atoms with Crippen LogP contribution in [0.15, 0.2) is 30.3 Å². The Bertz CT molecular complexity index is 904. The highest BCUT2D eigenvalue weighted by Crippen LogP contribution is 2.26. The zero-order valence-corrected chi connectivity index (χ0v) is 17.6. The van der Waals surface area contributed by atoms with Gasteiger partial charge in [0, 0.05) is 42.0 Å². The van der Waals surface area contributed by atoms with E-state index in [2.05, 4.69) is 5.32 Å². The molecule has 1 saturated carbocycles. The second kappa shape index (κ2) is 8.81. The monoisotopic (exact) mass is 408 g/mol. The predicted molar refractivity (Wildman–Crippen MR) is 112 cm³/mol. The summed E-state index contributed by atoms with van der Waals surface area (Å²) in [5.41, 5.74) is 2.60. The molecule has 1 aromatic heterocycles. The average molecular weight is 409 g/mol. The maximum atomic E-state index is 12.5. The molecule has 30 heavy (non-hydrogen) atoms. The van der Waals surface area contributed by atoms with Gasteiger partial charge in [-0.3, -0.25) is 9.59 Å². The highest BCUT2D eigenvalue weighted by molar-refractivity contribution is 5.79. The molecule has 1 aromatic carbocycles. The summed E-state index contributed by atoms with van der Waals surface area (Å²) in [6.45, 7) is 5.17. The Morgan fingerprint density at radius 2 is 1.80 bits per heavy atom. The van der Waals surface area contributed by atoms with Gasteiger partial charge in [-0.25, -0.2) is 9.97 Å². The molecular formula is C23H28N4O3. The Morgan fingerprint density at radius 3 is 2.47 bits per heavy atom. The van der Waals surface area contributed by atoms with Gasteiger partial charge in [0.25, 0.3) is 5.91 Å². The minimum atomic E-state index is -0.0248. The number of nitrogens with zero attached hydrogens (tertiary/aromatic N) is 3. The summed E-state index contributed by atoms with van der Waals surface area (Å²) in [7, 11) is 0. The molecule has 4 rings (SSSR count). The molecule has 158 valence electrons. The van der Waals surface area contributed by atoms with Crippen LogP contribution in [0.4, 0.5) is 0 Å². The lowest BCUT2D eigenvalue weighted by atomic mass is 10.0. The lowest BCUT2D eigenvalue weighted by molar-refractivity contribution is -0.132. The number of hydrogen-bond acceptors (Lipinski definition) is 5. The van der Waals surface area contributed by atoms with Crippen molar-refractivity contribution in [3.05, 3.63) is 53.1 Å². The fraction of sp³-hybridized carbons (Fsp3) is 0.478. The van der Waals surface area contributed by atoms with Crippen molar-refractivity contribution < 1.29 is 14.3 Å². The summed E-state index contributed by atoms with van der Waals surface area (Å²) in [4.78, 5) is 35.9. The number of carbonyl (C=O) groups excluding carboxylic acids is 2. The van der Waals surface area contributed by atoms with Crippen molar-refractivity contribution in [2.45, 2.75) is 51.5 Å². The summed E-state index contributed by atoms with van der Waals surface area (Å²) in [5.74, 6) is 1.57. The lowest BCUT2D eigenvalue weighted by Crippen LogP contribution is -2.33. The molecule has 1 saturated heterocycles. The van der Waals surface area contributed by atoms with E-state index in [1.54, 1.807) is 0 Å². The summed E-state index contributed by atoms with van der Waals surface area (Å²) in [6.07, 6.45) is 3.30. The van der Waals surface area contributed by atoms with E-state index in [1.807, 2.05) is 49.1 Å². The second-order valence-electron chi connectivity index (χ2n) is 8.18.